The Morgan fingerprint density at radius 1 is 1.00 bits per heavy atom. The van der Waals surface area contributed by atoms with E-state index in [2.05, 4.69) is 89.8 Å². The Balaban J connectivity index is 5.04. The van der Waals surface area contributed by atoms with E-state index in [0.29, 0.717) is 0 Å². The van der Waals surface area contributed by atoms with Crippen molar-refractivity contribution >= 4 is 29.9 Å². The molecule has 93 valence electrons. The second-order valence-electron chi connectivity index (χ2n) is 5.68. The SMILES string of the molecule is C=C/C([B]C(C)(C)C)=C\C=C(/C=C)C(C)(C)I. The monoisotopic (exact) mass is 341 g/mol. The van der Waals surface area contributed by atoms with Gasteiger partial charge in [0.1, 0.15) is 0 Å². The van der Waals surface area contributed by atoms with Crippen molar-refractivity contribution in [3.63, 3.8) is 0 Å². The minimum absolute atomic E-state index is 0.101. The Bertz CT molecular complexity index is 335. The molecule has 1 radical (unpaired) electrons. The van der Waals surface area contributed by atoms with Crippen LogP contribution < -0.4 is 0 Å². The standard InChI is InChI=1S/C15H23BI/c1-8-12(15(6,7)17)10-11-13(9-2)16-14(3,4)5/h8-11H,1-2H2,3-7H3/b12-10+,13-11+. The highest BCUT2D eigenvalue weighted by atomic mass is 127. The second kappa shape index (κ2) is 6.62. The molecule has 0 unspecified atom stereocenters. The Labute approximate surface area is 121 Å². The van der Waals surface area contributed by atoms with E-state index in [1.54, 1.807) is 0 Å². The molecule has 0 aliphatic heterocycles. The highest BCUT2D eigenvalue weighted by Crippen LogP contribution is 2.28. The van der Waals surface area contributed by atoms with E-state index in [-0.39, 0.29) is 8.74 Å². The van der Waals surface area contributed by atoms with E-state index < -0.39 is 0 Å². The van der Waals surface area contributed by atoms with Crippen LogP contribution in [-0.2, 0) is 0 Å². The fourth-order valence-corrected chi connectivity index (χ4v) is 1.77. The van der Waals surface area contributed by atoms with Crippen LogP contribution in [0.5, 0.6) is 0 Å². The van der Waals surface area contributed by atoms with Gasteiger partial charge in [-0.1, -0.05) is 91.6 Å². The van der Waals surface area contributed by atoms with Gasteiger partial charge in [0.25, 0.3) is 0 Å². The molecule has 0 aliphatic rings. The smallest absolute Gasteiger partial charge is 0.0996 e. The van der Waals surface area contributed by atoms with Gasteiger partial charge in [-0.2, -0.15) is 0 Å². The summed E-state index contributed by atoms with van der Waals surface area (Å²) >= 11 is 2.42. The topological polar surface area (TPSA) is 0 Å². The van der Waals surface area contributed by atoms with Crippen molar-refractivity contribution in [1.82, 2.24) is 0 Å². The highest BCUT2D eigenvalue weighted by molar-refractivity contribution is 14.1. The van der Waals surface area contributed by atoms with Crippen molar-refractivity contribution in [2.75, 3.05) is 0 Å². The van der Waals surface area contributed by atoms with Crippen molar-refractivity contribution in [2.45, 2.75) is 43.4 Å². The Morgan fingerprint density at radius 3 is 1.82 bits per heavy atom. The third kappa shape index (κ3) is 7.64. The molecule has 0 N–H and O–H groups in total. The fraction of sp³-hybridized carbons (Fsp3) is 0.467. The number of hydrogen-bond acceptors (Lipinski definition) is 0. The lowest BCUT2D eigenvalue weighted by Gasteiger charge is -2.19. The van der Waals surface area contributed by atoms with Crippen LogP contribution in [0, 0.1) is 0 Å². The summed E-state index contributed by atoms with van der Waals surface area (Å²) in [7, 11) is 2.22. The number of allylic oxidation sites excluding steroid dienone is 6. The molecule has 17 heavy (non-hydrogen) atoms. The van der Waals surface area contributed by atoms with Gasteiger partial charge >= 0.3 is 0 Å². The van der Waals surface area contributed by atoms with Gasteiger partial charge in [0.15, 0.2) is 7.28 Å². The minimum Gasteiger partial charge on any atom is -0.0996 e. The zero-order valence-corrected chi connectivity index (χ0v) is 13.8. The Morgan fingerprint density at radius 2 is 1.53 bits per heavy atom. The van der Waals surface area contributed by atoms with Crippen molar-refractivity contribution in [3.8, 4) is 0 Å². The van der Waals surface area contributed by atoms with Crippen LogP contribution in [-0.4, -0.2) is 10.7 Å². The summed E-state index contributed by atoms with van der Waals surface area (Å²) in [6, 6.07) is 0. The molecule has 0 aromatic rings. The van der Waals surface area contributed by atoms with Crippen LogP contribution >= 0.6 is 22.6 Å². The van der Waals surface area contributed by atoms with Crippen LogP contribution in [0.3, 0.4) is 0 Å². The average Bonchev–Trinajstić information content (AvgIpc) is 2.12. The molecule has 0 fully saturated rings. The van der Waals surface area contributed by atoms with Crippen molar-refractivity contribution in [2.24, 2.45) is 0 Å². The van der Waals surface area contributed by atoms with E-state index in [9.17, 15) is 0 Å². The molecule has 0 aliphatic carbocycles. The third-order valence-electron chi connectivity index (χ3n) is 2.20. The zero-order valence-electron chi connectivity index (χ0n) is 11.7. The van der Waals surface area contributed by atoms with Crippen molar-refractivity contribution < 1.29 is 0 Å². The maximum Gasteiger partial charge on any atom is 0.157 e. The molecule has 0 saturated carbocycles. The van der Waals surface area contributed by atoms with Crippen LogP contribution in [0.25, 0.3) is 0 Å². The molecule has 0 atom stereocenters. The second-order valence-corrected chi connectivity index (χ2v) is 8.38. The Hall–Kier alpha value is -0.245. The number of halogens is 1. The maximum atomic E-state index is 3.87. The molecule has 0 amide bonds. The number of alkyl halides is 1. The lowest BCUT2D eigenvalue weighted by atomic mass is 9.50. The van der Waals surface area contributed by atoms with E-state index in [1.165, 1.54) is 5.57 Å². The first-order valence-corrected chi connectivity index (χ1v) is 6.90. The largest absolute Gasteiger partial charge is 0.157 e. The first-order chi connectivity index (χ1) is 7.60. The molecular weight excluding hydrogens is 318 g/mol. The molecule has 0 rings (SSSR count). The summed E-state index contributed by atoms with van der Waals surface area (Å²) in [5.74, 6) is 0. The molecule has 0 spiro atoms. The van der Waals surface area contributed by atoms with E-state index in [1.807, 2.05) is 12.2 Å². The third-order valence-corrected chi connectivity index (χ3v) is 2.82. The summed E-state index contributed by atoms with van der Waals surface area (Å²) in [6.07, 6.45) is 8.04. The van der Waals surface area contributed by atoms with Gasteiger partial charge in [-0.05, 0) is 19.4 Å². The van der Waals surface area contributed by atoms with E-state index in [0.717, 1.165) is 5.47 Å². The molecule has 0 aromatic heterocycles. The maximum absolute atomic E-state index is 3.87. The van der Waals surface area contributed by atoms with Gasteiger partial charge in [0.2, 0.25) is 0 Å². The zero-order chi connectivity index (χ0) is 13.7. The predicted molar refractivity (Wildman–Crippen MR) is 90.1 cm³/mol. The average molecular weight is 341 g/mol. The van der Waals surface area contributed by atoms with Gasteiger partial charge in [-0.15, -0.1) is 0 Å². The lowest BCUT2D eigenvalue weighted by molar-refractivity contribution is 0.757. The summed E-state index contributed by atoms with van der Waals surface area (Å²) < 4.78 is 0.101. The normalized spacial score (nSPS) is 14.5. The first kappa shape index (κ1) is 16.8. The van der Waals surface area contributed by atoms with Gasteiger partial charge in [-0.3, -0.25) is 0 Å². The number of rotatable bonds is 5. The quantitative estimate of drug-likeness (QED) is 0.275. The summed E-state index contributed by atoms with van der Waals surface area (Å²) in [6.45, 7) is 18.6. The highest BCUT2D eigenvalue weighted by Gasteiger charge is 2.16. The molecule has 2 heteroatoms. The molecular formula is C15H23BI. The summed E-state index contributed by atoms with van der Waals surface area (Å²) in [5, 5.41) is 0.169. The lowest BCUT2D eigenvalue weighted by Crippen LogP contribution is -2.12. The first-order valence-electron chi connectivity index (χ1n) is 5.82. The molecule has 0 heterocycles. The molecule has 0 saturated heterocycles. The van der Waals surface area contributed by atoms with Crippen molar-refractivity contribution in [3.05, 3.63) is 48.5 Å². The number of hydrogen-bond donors (Lipinski definition) is 0. The summed E-state index contributed by atoms with van der Waals surface area (Å²) in [4.78, 5) is 0. The molecule has 0 bridgehead atoms. The molecule has 0 nitrogen and oxygen atoms in total. The van der Waals surface area contributed by atoms with Crippen LogP contribution in [0.15, 0.2) is 48.5 Å². The van der Waals surface area contributed by atoms with Crippen LogP contribution in [0.1, 0.15) is 34.6 Å². The van der Waals surface area contributed by atoms with Crippen LogP contribution in [0.4, 0.5) is 0 Å². The van der Waals surface area contributed by atoms with Gasteiger partial charge in [0, 0.05) is 3.42 Å². The predicted octanol–water partition coefficient (Wildman–Crippen LogP) is 5.30. The van der Waals surface area contributed by atoms with Crippen LogP contribution in [0.2, 0.25) is 5.31 Å². The van der Waals surface area contributed by atoms with E-state index in [4.69, 9.17) is 0 Å². The van der Waals surface area contributed by atoms with Gasteiger partial charge in [0.05, 0.1) is 0 Å². The van der Waals surface area contributed by atoms with E-state index >= 15 is 0 Å². The summed E-state index contributed by atoms with van der Waals surface area (Å²) in [5.41, 5.74) is 2.37. The van der Waals surface area contributed by atoms with Gasteiger partial charge in [-0.25, -0.2) is 0 Å². The minimum atomic E-state index is 0.101. The van der Waals surface area contributed by atoms with Crippen molar-refractivity contribution in [1.29, 1.82) is 0 Å². The fourth-order valence-electron chi connectivity index (χ4n) is 1.37. The Kier molecular flexibility index (Phi) is 6.53. The van der Waals surface area contributed by atoms with Gasteiger partial charge < -0.3 is 0 Å². The molecule has 0 aromatic carbocycles.